The van der Waals surface area contributed by atoms with Crippen LogP contribution in [0, 0.1) is 0 Å². The Morgan fingerprint density at radius 3 is 2.79 bits per heavy atom. The van der Waals surface area contributed by atoms with Gasteiger partial charge < -0.3 is 4.57 Å². The zero-order chi connectivity index (χ0) is 13.2. The molecule has 0 bridgehead atoms. The van der Waals surface area contributed by atoms with Crippen molar-refractivity contribution in [1.29, 1.82) is 0 Å². The van der Waals surface area contributed by atoms with Gasteiger partial charge in [-0.15, -0.1) is 0 Å². The normalized spacial score (nSPS) is 18.1. The molecule has 1 aliphatic carbocycles. The summed E-state index contributed by atoms with van der Waals surface area (Å²) in [5.74, 6) is 0. The van der Waals surface area contributed by atoms with Gasteiger partial charge in [-0.2, -0.15) is 0 Å². The summed E-state index contributed by atoms with van der Waals surface area (Å²) >= 11 is 0. The van der Waals surface area contributed by atoms with Gasteiger partial charge >= 0.3 is 0 Å². The van der Waals surface area contributed by atoms with Crippen LogP contribution in [0.4, 0.5) is 0 Å². The van der Waals surface area contributed by atoms with Crippen molar-refractivity contribution in [2.75, 3.05) is 7.05 Å². The van der Waals surface area contributed by atoms with E-state index in [1.807, 2.05) is 20.3 Å². The molecule has 3 heteroatoms. The van der Waals surface area contributed by atoms with Gasteiger partial charge in [-0.1, -0.05) is 25.3 Å². The fourth-order valence-corrected chi connectivity index (χ4v) is 3.04. The lowest BCUT2D eigenvalue weighted by Gasteiger charge is -2.23. The molecule has 0 aliphatic heterocycles. The van der Waals surface area contributed by atoms with E-state index in [0.717, 1.165) is 11.2 Å². The number of nitrogens with zero attached hydrogens (tertiary/aromatic N) is 3. The molecule has 3 rings (SSSR count). The van der Waals surface area contributed by atoms with E-state index in [0.29, 0.717) is 6.04 Å². The van der Waals surface area contributed by atoms with Crippen LogP contribution in [0.15, 0.2) is 29.5 Å². The summed E-state index contributed by atoms with van der Waals surface area (Å²) in [6.07, 6.45) is 8.70. The third kappa shape index (κ3) is 2.29. The van der Waals surface area contributed by atoms with Crippen LogP contribution < -0.4 is 0 Å². The fraction of sp³-hybridized carbons (Fsp3) is 0.500. The summed E-state index contributed by atoms with van der Waals surface area (Å²) in [7, 11) is 1.83. The molecule has 0 N–H and O–H groups in total. The minimum atomic E-state index is 0.644. The van der Waals surface area contributed by atoms with E-state index in [-0.39, 0.29) is 0 Å². The van der Waals surface area contributed by atoms with Gasteiger partial charge in [-0.25, -0.2) is 4.98 Å². The van der Waals surface area contributed by atoms with Gasteiger partial charge in [0.1, 0.15) is 0 Å². The topological polar surface area (TPSA) is 30.2 Å². The zero-order valence-corrected chi connectivity index (χ0v) is 11.8. The molecule has 1 aliphatic rings. The summed E-state index contributed by atoms with van der Waals surface area (Å²) in [6, 6.07) is 7.15. The first-order valence-electron chi connectivity index (χ1n) is 7.20. The van der Waals surface area contributed by atoms with Gasteiger partial charge in [0.05, 0.1) is 17.4 Å². The molecule has 3 nitrogen and oxygen atoms in total. The monoisotopic (exact) mass is 255 g/mol. The third-order valence-corrected chi connectivity index (χ3v) is 4.30. The Morgan fingerprint density at radius 2 is 2.05 bits per heavy atom. The van der Waals surface area contributed by atoms with Crippen LogP contribution in [0.3, 0.4) is 0 Å². The predicted molar refractivity (Wildman–Crippen MR) is 80.0 cm³/mol. The van der Waals surface area contributed by atoms with Crippen LogP contribution in [0.25, 0.3) is 11.0 Å². The van der Waals surface area contributed by atoms with E-state index < -0.39 is 0 Å². The van der Waals surface area contributed by atoms with Crippen LogP contribution in [0.5, 0.6) is 0 Å². The van der Waals surface area contributed by atoms with Crippen LogP contribution in [0.1, 0.15) is 50.6 Å². The maximum atomic E-state index is 4.58. The van der Waals surface area contributed by atoms with Crippen LogP contribution in [-0.2, 0) is 0 Å². The van der Waals surface area contributed by atoms with Crippen molar-refractivity contribution in [3.63, 3.8) is 0 Å². The van der Waals surface area contributed by atoms with Gasteiger partial charge in [-0.3, -0.25) is 4.99 Å². The van der Waals surface area contributed by atoms with E-state index in [4.69, 9.17) is 0 Å². The maximum absolute atomic E-state index is 4.58. The Kier molecular flexibility index (Phi) is 3.36. The zero-order valence-electron chi connectivity index (χ0n) is 11.8. The van der Waals surface area contributed by atoms with Crippen LogP contribution >= 0.6 is 0 Å². The number of aromatic nitrogens is 2. The Bertz CT molecular complexity index is 603. The van der Waals surface area contributed by atoms with Gasteiger partial charge in [-0.05, 0) is 37.5 Å². The predicted octanol–water partition coefficient (Wildman–Crippen LogP) is 3.98. The number of benzene rings is 1. The molecule has 1 saturated carbocycles. The van der Waals surface area contributed by atoms with Gasteiger partial charge in [0.25, 0.3) is 0 Å². The molecule has 0 amide bonds. The number of hydrogen-bond acceptors (Lipinski definition) is 2. The summed E-state index contributed by atoms with van der Waals surface area (Å²) in [5, 5.41) is 0. The Morgan fingerprint density at radius 1 is 1.26 bits per heavy atom. The highest BCUT2D eigenvalue weighted by Crippen LogP contribution is 2.30. The second-order valence-corrected chi connectivity index (χ2v) is 5.46. The molecule has 0 radical (unpaired) electrons. The Labute approximate surface area is 114 Å². The molecule has 1 heterocycles. The number of imidazole rings is 1. The average molecular weight is 255 g/mol. The molecule has 19 heavy (non-hydrogen) atoms. The van der Waals surface area contributed by atoms with Crippen LogP contribution in [0.2, 0.25) is 0 Å². The van der Waals surface area contributed by atoms with Crippen molar-refractivity contribution in [2.45, 2.75) is 45.1 Å². The number of rotatable bonds is 2. The molecule has 1 fully saturated rings. The lowest BCUT2D eigenvalue weighted by Crippen LogP contribution is -2.11. The highest BCUT2D eigenvalue weighted by Gasteiger charge is 2.17. The summed E-state index contributed by atoms with van der Waals surface area (Å²) in [6.45, 7) is 2.04. The van der Waals surface area contributed by atoms with E-state index in [9.17, 15) is 0 Å². The van der Waals surface area contributed by atoms with E-state index >= 15 is 0 Å². The SMILES string of the molecule is CN=C(C)c1ccc2c(c1)ncn2C1CCCCC1. The molecule has 0 atom stereocenters. The first-order chi connectivity index (χ1) is 9.29. The molecule has 2 aromatic rings. The van der Waals surface area contributed by atoms with Gasteiger partial charge in [0, 0.05) is 18.8 Å². The Balaban J connectivity index is 1.99. The molecule has 0 saturated heterocycles. The Hall–Kier alpha value is -1.64. The molecule has 0 spiro atoms. The van der Waals surface area contributed by atoms with Crippen molar-refractivity contribution >= 4 is 16.7 Å². The fourth-order valence-electron chi connectivity index (χ4n) is 3.04. The maximum Gasteiger partial charge on any atom is 0.0960 e. The second-order valence-electron chi connectivity index (χ2n) is 5.46. The number of fused-ring (bicyclic) bond motifs is 1. The average Bonchev–Trinajstić information content (AvgIpc) is 2.90. The van der Waals surface area contributed by atoms with Crippen molar-refractivity contribution in [3.05, 3.63) is 30.1 Å². The molecule has 1 aromatic heterocycles. The van der Waals surface area contributed by atoms with Gasteiger partial charge in [0.2, 0.25) is 0 Å². The lowest BCUT2D eigenvalue weighted by molar-refractivity contribution is 0.359. The quantitative estimate of drug-likeness (QED) is 0.746. The number of aliphatic imine (C=N–C) groups is 1. The molecular weight excluding hydrogens is 234 g/mol. The summed E-state index contributed by atoms with van der Waals surface area (Å²) in [5.41, 5.74) is 4.59. The molecule has 1 aromatic carbocycles. The largest absolute Gasteiger partial charge is 0.327 e. The molecular formula is C16H21N3. The second kappa shape index (κ2) is 5.16. The van der Waals surface area contributed by atoms with Crippen molar-refractivity contribution < 1.29 is 0 Å². The van der Waals surface area contributed by atoms with Crippen molar-refractivity contribution in [2.24, 2.45) is 4.99 Å². The summed E-state index contributed by atoms with van der Waals surface area (Å²) in [4.78, 5) is 8.82. The summed E-state index contributed by atoms with van der Waals surface area (Å²) < 4.78 is 2.37. The van der Waals surface area contributed by atoms with Gasteiger partial charge in [0.15, 0.2) is 0 Å². The van der Waals surface area contributed by atoms with Crippen molar-refractivity contribution in [3.8, 4) is 0 Å². The first-order valence-corrected chi connectivity index (χ1v) is 7.20. The third-order valence-electron chi connectivity index (χ3n) is 4.30. The molecule has 100 valence electrons. The molecule has 0 unspecified atom stereocenters. The van der Waals surface area contributed by atoms with Crippen molar-refractivity contribution in [1.82, 2.24) is 9.55 Å². The standard InChI is InChI=1S/C16H21N3/c1-12(17-2)13-8-9-16-15(10-13)18-11-19(16)14-6-4-3-5-7-14/h8-11,14H,3-7H2,1-2H3. The highest BCUT2D eigenvalue weighted by atomic mass is 15.1. The van der Waals surface area contributed by atoms with E-state index in [1.165, 1.54) is 43.2 Å². The number of hydrogen-bond donors (Lipinski definition) is 0. The smallest absolute Gasteiger partial charge is 0.0960 e. The first kappa shape index (κ1) is 12.4. The minimum Gasteiger partial charge on any atom is -0.327 e. The van der Waals surface area contributed by atoms with Crippen LogP contribution in [-0.4, -0.2) is 22.3 Å². The van der Waals surface area contributed by atoms with E-state index in [2.05, 4.69) is 32.7 Å². The lowest BCUT2D eigenvalue weighted by atomic mass is 9.95. The van der Waals surface area contributed by atoms with E-state index in [1.54, 1.807) is 0 Å². The highest BCUT2D eigenvalue weighted by molar-refractivity contribution is 6.01. The minimum absolute atomic E-state index is 0.644.